The number of nitrogens with one attached hydrogen (secondary N) is 1. The third-order valence-corrected chi connectivity index (χ3v) is 5.37. The molecule has 8 nitrogen and oxygen atoms in total. The van der Waals surface area contributed by atoms with Gasteiger partial charge in [0.15, 0.2) is 0 Å². The number of pyridine rings is 1. The first kappa shape index (κ1) is 16.3. The van der Waals surface area contributed by atoms with Gasteiger partial charge in [0.2, 0.25) is 11.8 Å². The Morgan fingerprint density at radius 2 is 2.19 bits per heavy atom. The van der Waals surface area contributed by atoms with Crippen LogP contribution in [0.3, 0.4) is 0 Å². The molecule has 1 saturated heterocycles. The molecule has 0 bridgehead atoms. The molecule has 0 spiro atoms. The third-order valence-electron chi connectivity index (χ3n) is 5.37. The van der Waals surface area contributed by atoms with Crippen LogP contribution in [0.1, 0.15) is 32.2 Å². The summed E-state index contributed by atoms with van der Waals surface area (Å²) in [6.07, 6.45) is 8.56. The van der Waals surface area contributed by atoms with E-state index in [0.29, 0.717) is 24.9 Å². The number of rotatable bonds is 5. The second-order valence-corrected chi connectivity index (χ2v) is 7.58. The summed E-state index contributed by atoms with van der Waals surface area (Å²) in [7, 11) is 1.89. The van der Waals surface area contributed by atoms with Gasteiger partial charge in [-0.1, -0.05) is 0 Å². The van der Waals surface area contributed by atoms with Crippen LogP contribution in [0.4, 0.5) is 0 Å². The molecule has 8 heteroatoms. The van der Waals surface area contributed by atoms with E-state index in [9.17, 15) is 4.79 Å². The topological polar surface area (TPSA) is 86.9 Å². The number of hydrogen-bond donors (Lipinski definition) is 1. The normalized spacial score (nSPS) is 20.8. The van der Waals surface area contributed by atoms with Gasteiger partial charge in [0.1, 0.15) is 6.10 Å². The number of carbonyl (C=O) groups excluding carboxylic acids is 1. The zero-order valence-corrected chi connectivity index (χ0v) is 15.4. The van der Waals surface area contributed by atoms with E-state index >= 15 is 0 Å². The lowest BCUT2D eigenvalue weighted by atomic mass is 10.0. The minimum Gasteiger partial charge on any atom is -0.474 e. The zero-order valence-electron chi connectivity index (χ0n) is 15.4. The summed E-state index contributed by atoms with van der Waals surface area (Å²) < 4.78 is 10.00. The predicted molar refractivity (Wildman–Crippen MR) is 99.2 cm³/mol. The Labute approximate surface area is 156 Å². The number of nitrogens with zero attached hydrogens (tertiary/aromatic N) is 5. The van der Waals surface area contributed by atoms with Gasteiger partial charge < -0.3 is 10.1 Å². The fourth-order valence-electron chi connectivity index (χ4n) is 3.59. The Kier molecular flexibility index (Phi) is 3.66. The maximum Gasteiger partial charge on any atom is 0.225 e. The van der Waals surface area contributed by atoms with Gasteiger partial charge in [-0.2, -0.15) is 10.2 Å². The molecule has 1 saturated carbocycles. The minimum absolute atomic E-state index is 0.0798. The van der Waals surface area contributed by atoms with Crippen LogP contribution in [0.2, 0.25) is 0 Å². The van der Waals surface area contributed by atoms with Crippen molar-refractivity contribution in [1.29, 1.82) is 0 Å². The van der Waals surface area contributed by atoms with Crippen LogP contribution in [-0.2, 0) is 11.8 Å². The van der Waals surface area contributed by atoms with Gasteiger partial charge >= 0.3 is 0 Å². The van der Waals surface area contributed by atoms with Crippen molar-refractivity contribution in [3.8, 4) is 17.1 Å². The lowest BCUT2D eigenvalue weighted by molar-refractivity contribution is -0.119. The second kappa shape index (κ2) is 6.07. The van der Waals surface area contributed by atoms with E-state index < -0.39 is 0 Å². The molecule has 1 N–H and O–H groups in total. The van der Waals surface area contributed by atoms with Gasteiger partial charge in [0.05, 0.1) is 28.8 Å². The Bertz CT molecular complexity index is 1020. The SMILES string of the molecule is CC(Oc1nc(-c2cnn(C3CC3)c2)cc2nn(C)cc12)C1CNC(=O)C1. The highest BCUT2D eigenvalue weighted by Crippen LogP contribution is 2.36. The highest BCUT2D eigenvalue weighted by molar-refractivity contribution is 5.86. The van der Waals surface area contributed by atoms with E-state index in [0.717, 1.165) is 22.2 Å². The van der Waals surface area contributed by atoms with Crippen molar-refractivity contribution >= 4 is 16.8 Å². The van der Waals surface area contributed by atoms with Crippen molar-refractivity contribution in [2.24, 2.45) is 13.0 Å². The van der Waals surface area contributed by atoms with Crippen LogP contribution in [0, 0.1) is 5.92 Å². The number of aryl methyl sites for hydroxylation is 1. The van der Waals surface area contributed by atoms with Crippen molar-refractivity contribution in [2.75, 3.05) is 6.54 Å². The van der Waals surface area contributed by atoms with Gasteiger partial charge in [-0.05, 0) is 25.8 Å². The second-order valence-electron chi connectivity index (χ2n) is 7.58. The Morgan fingerprint density at radius 3 is 2.93 bits per heavy atom. The summed E-state index contributed by atoms with van der Waals surface area (Å²) >= 11 is 0. The van der Waals surface area contributed by atoms with Gasteiger partial charge in [-0.15, -0.1) is 0 Å². The molecule has 2 fully saturated rings. The van der Waals surface area contributed by atoms with E-state index in [1.165, 1.54) is 12.8 Å². The van der Waals surface area contributed by atoms with Crippen molar-refractivity contribution in [2.45, 2.75) is 38.3 Å². The van der Waals surface area contributed by atoms with Gasteiger partial charge in [-0.3, -0.25) is 14.2 Å². The summed E-state index contributed by atoms with van der Waals surface area (Å²) in [5.74, 6) is 0.782. The lowest BCUT2D eigenvalue weighted by Crippen LogP contribution is -2.26. The molecule has 1 amide bonds. The quantitative estimate of drug-likeness (QED) is 0.747. The molecule has 2 aliphatic rings. The lowest BCUT2D eigenvalue weighted by Gasteiger charge is -2.19. The summed E-state index contributed by atoms with van der Waals surface area (Å²) in [6.45, 7) is 2.64. The first-order valence-corrected chi connectivity index (χ1v) is 9.39. The first-order valence-electron chi connectivity index (χ1n) is 9.39. The molecule has 2 unspecified atom stereocenters. The predicted octanol–water partition coefficient (Wildman–Crippen LogP) is 2.07. The van der Waals surface area contributed by atoms with Gasteiger partial charge in [-0.25, -0.2) is 4.98 Å². The average Bonchev–Trinajstić information content (AvgIpc) is 3.04. The molecule has 140 valence electrons. The largest absolute Gasteiger partial charge is 0.474 e. The van der Waals surface area contributed by atoms with E-state index in [4.69, 9.17) is 9.72 Å². The minimum atomic E-state index is -0.121. The van der Waals surface area contributed by atoms with E-state index in [1.807, 2.05) is 43.3 Å². The Hall–Kier alpha value is -2.90. The maximum absolute atomic E-state index is 11.5. The van der Waals surface area contributed by atoms with Crippen molar-refractivity contribution in [1.82, 2.24) is 29.9 Å². The molecule has 5 rings (SSSR count). The van der Waals surface area contributed by atoms with Crippen molar-refractivity contribution in [3.05, 3.63) is 24.7 Å². The van der Waals surface area contributed by atoms with Crippen LogP contribution in [-0.4, -0.2) is 43.1 Å². The van der Waals surface area contributed by atoms with E-state index in [2.05, 4.69) is 15.5 Å². The van der Waals surface area contributed by atoms with E-state index in [-0.39, 0.29) is 17.9 Å². The van der Waals surface area contributed by atoms with Crippen LogP contribution in [0.5, 0.6) is 5.88 Å². The van der Waals surface area contributed by atoms with E-state index in [1.54, 1.807) is 4.68 Å². The zero-order chi connectivity index (χ0) is 18.5. The first-order chi connectivity index (χ1) is 13.1. The molecule has 1 aliphatic carbocycles. The summed E-state index contributed by atoms with van der Waals surface area (Å²) in [5, 5.41) is 12.7. The molecule has 0 aromatic carbocycles. The summed E-state index contributed by atoms with van der Waals surface area (Å²) in [4.78, 5) is 16.3. The fourth-order valence-corrected chi connectivity index (χ4v) is 3.59. The highest BCUT2D eigenvalue weighted by atomic mass is 16.5. The van der Waals surface area contributed by atoms with Crippen LogP contribution < -0.4 is 10.1 Å². The number of carbonyl (C=O) groups is 1. The molecule has 3 aromatic heterocycles. The fraction of sp³-hybridized carbons (Fsp3) is 0.474. The number of amides is 1. The Balaban J connectivity index is 1.50. The molecule has 27 heavy (non-hydrogen) atoms. The van der Waals surface area contributed by atoms with Crippen LogP contribution in [0.15, 0.2) is 24.7 Å². The molecule has 0 radical (unpaired) electrons. The third kappa shape index (κ3) is 3.05. The number of hydrogen-bond acceptors (Lipinski definition) is 5. The number of aromatic nitrogens is 5. The molecule has 4 heterocycles. The molecular weight excluding hydrogens is 344 g/mol. The highest BCUT2D eigenvalue weighted by Gasteiger charge is 2.29. The molecule has 2 atom stereocenters. The molecule has 3 aromatic rings. The summed E-state index contributed by atoms with van der Waals surface area (Å²) in [6, 6.07) is 2.50. The smallest absolute Gasteiger partial charge is 0.225 e. The molecular formula is C19H22N6O2. The van der Waals surface area contributed by atoms with Gasteiger partial charge in [0, 0.05) is 43.9 Å². The average molecular weight is 366 g/mol. The van der Waals surface area contributed by atoms with Crippen LogP contribution in [0.25, 0.3) is 22.2 Å². The monoisotopic (exact) mass is 366 g/mol. The van der Waals surface area contributed by atoms with Crippen molar-refractivity contribution < 1.29 is 9.53 Å². The van der Waals surface area contributed by atoms with Gasteiger partial charge in [0.25, 0.3) is 0 Å². The number of ether oxygens (including phenoxy) is 1. The van der Waals surface area contributed by atoms with Crippen molar-refractivity contribution in [3.63, 3.8) is 0 Å². The molecule has 1 aliphatic heterocycles. The standard InChI is InChI=1S/C19H22N6O2/c1-11(12-5-18(26)20-7-12)27-19-15-10-24(2)23-17(15)6-16(22-19)13-8-21-25(9-13)14-3-4-14/h6,8-12,14H,3-5,7H2,1-2H3,(H,20,26). The maximum atomic E-state index is 11.5. The Morgan fingerprint density at radius 1 is 1.33 bits per heavy atom. The summed E-state index contributed by atoms with van der Waals surface area (Å²) in [5.41, 5.74) is 2.60. The number of fused-ring (bicyclic) bond motifs is 1. The van der Waals surface area contributed by atoms with Crippen LogP contribution >= 0.6 is 0 Å².